The molecule has 2 heterocycles. The average Bonchev–Trinajstić information content (AvgIpc) is 3.17. The summed E-state index contributed by atoms with van der Waals surface area (Å²) in [7, 11) is 0. The molecule has 2 aromatic rings. The number of hydrogen-bond donors (Lipinski definition) is 2. The number of imide groups is 1. The lowest BCUT2D eigenvalue weighted by Crippen LogP contribution is -2.40. The third kappa shape index (κ3) is 6.21. The first-order valence-electron chi connectivity index (χ1n) is 8.83. The van der Waals surface area contributed by atoms with Crippen molar-refractivity contribution in [3.8, 4) is 11.5 Å². The molecular weight excluding hydrogens is 366 g/mol. The first-order chi connectivity index (χ1) is 13.2. The Bertz CT molecular complexity index is 806. The molecule has 3 rings (SSSR count). The van der Waals surface area contributed by atoms with Crippen LogP contribution in [-0.4, -0.2) is 39.4 Å². The standard InChI is InChI=1S/C18H21N5O3S/c24-15(21-17(25)20-10-8-13-5-2-1-3-6-13)12-27-18-23-22-16(26-18)14-7-4-9-19-11-14/h4-5,7,9,11H,1-3,6,8,10,12H2,(H2,20,21,24,25). The second-order valence-electron chi connectivity index (χ2n) is 6.07. The number of thioether (sulfide) groups is 1. The van der Waals surface area contributed by atoms with Crippen molar-refractivity contribution < 1.29 is 14.0 Å². The largest absolute Gasteiger partial charge is 0.411 e. The number of aromatic nitrogens is 3. The number of carbonyl (C=O) groups excluding carboxylic acids is 2. The number of rotatable bonds is 7. The van der Waals surface area contributed by atoms with Gasteiger partial charge in [-0.25, -0.2) is 4.79 Å². The number of allylic oxidation sites excluding steroid dienone is 1. The Hall–Kier alpha value is -2.68. The Kier molecular flexibility index (Phi) is 6.97. The van der Waals surface area contributed by atoms with Crippen LogP contribution >= 0.6 is 11.8 Å². The summed E-state index contributed by atoms with van der Waals surface area (Å²) < 4.78 is 5.47. The predicted octanol–water partition coefficient (Wildman–Crippen LogP) is 2.94. The summed E-state index contributed by atoms with van der Waals surface area (Å²) >= 11 is 1.07. The second kappa shape index (κ2) is 9.86. The summed E-state index contributed by atoms with van der Waals surface area (Å²) in [6.07, 6.45) is 11.0. The van der Waals surface area contributed by atoms with Gasteiger partial charge in [-0.15, -0.1) is 10.2 Å². The van der Waals surface area contributed by atoms with Gasteiger partial charge in [-0.2, -0.15) is 0 Å². The third-order valence-electron chi connectivity index (χ3n) is 4.01. The van der Waals surface area contributed by atoms with E-state index in [-0.39, 0.29) is 11.0 Å². The highest BCUT2D eigenvalue weighted by molar-refractivity contribution is 7.99. The number of nitrogens with one attached hydrogen (secondary N) is 2. The van der Waals surface area contributed by atoms with Crippen LogP contribution in [-0.2, 0) is 4.79 Å². The molecule has 0 spiro atoms. The SMILES string of the molecule is O=C(CSc1nnc(-c2cccnc2)o1)NC(=O)NCCC1=CCCCC1. The molecular formula is C18H21N5O3S. The molecule has 27 heavy (non-hydrogen) atoms. The van der Waals surface area contributed by atoms with Gasteiger partial charge in [-0.05, 0) is 44.2 Å². The molecule has 0 radical (unpaired) electrons. The predicted molar refractivity (Wildman–Crippen MR) is 101 cm³/mol. The van der Waals surface area contributed by atoms with Gasteiger partial charge >= 0.3 is 6.03 Å². The highest BCUT2D eigenvalue weighted by atomic mass is 32.2. The normalized spacial score (nSPS) is 13.7. The number of amides is 3. The van der Waals surface area contributed by atoms with Crippen LogP contribution in [0.1, 0.15) is 32.1 Å². The van der Waals surface area contributed by atoms with E-state index < -0.39 is 11.9 Å². The molecule has 0 unspecified atom stereocenters. The minimum Gasteiger partial charge on any atom is -0.411 e. The van der Waals surface area contributed by atoms with Gasteiger partial charge in [0.15, 0.2) is 0 Å². The number of carbonyl (C=O) groups is 2. The summed E-state index contributed by atoms with van der Waals surface area (Å²) in [5.74, 6) is -0.0796. The molecule has 0 aliphatic heterocycles. The van der Waals surface area contributed by atoms with Crippen molar-refractivity contribution in [3.63, 3.8) is 0 Å². The van der Waals surface area contributed by atoms with Gasteiger partial charge in [-0.1, -0.05) is 23.4 Å². The van der Waals surface area contributed by atoms with Crippen molar-refractivity contribution >= 4 is 23.7 Å². The van der Waals surface area contributed by atoms with Crippen LogP contribution in [0.25, 0.3) is 11.5 Å². The molecule has 142 valence electrons. The fraction of sp³-hybridized carbons (Fsp3) is 0.389. The molecule has 0 atom stereocenters. The maximum atomic E-state index is 11.9. The minimum absolute atomic E-state index is 0.00719. The fourth-order valence-corrected chi connectivity index (χ4v) is 3.24. The lowest BCUT2D eigenvalue weighted by atomic mass is 9.97. The highest BCUT2D eigenvalue weighted by Crippen LogP contribution is 2.22. The summed E-state index contributed by atoms with van der Waals surface area (Å²) in [4.78, 5) is 27.6. The molecule has 1 aliphatic carbocycles. The van der Waals surface area contributed by atoms with Crippen molar-refractivity contribution in [3.05, 3.63) is 36.2 Å². The van der Waals surface area contributed by atoms with Crippen LogP contribution in [0, 0.1) is 0 Å². The van der Waals surface area contributed by atoms with Crippen LogP contribution in [0.2, 0.25) is 0 Å². The maximum absolute atomic E-state index is 11.9. The smallest absolute Gasteiger partial charge is 0.321 e. The van der Waals surface area contributed by atoms with Crippen LogP contribution in [0.3, 0.4) is 0 Å². The number of urea groups is 1. The van der Waals surface area contributed by atoms with E-state index in [9.17, 15) is 9.59 Å². The quantitative estimate of drug-likeness (QED) is 0.555. The lowest BCUT2D eigenvalue weighted by Gasteiger charge is -2.13. The molecule has 0 aromatic carbocycles. The maximum Gasteiger partial charge on any atom is 0.321 e. The van der Waals surface area contributed by atoms with E-state index in [1.807, 2.05) is 0 Å². The number of nitrogens with zero attached hydrogens (tertiary/aromatic N) is 3. The molecule has 0 saturated heterocycles. The van der Waals surface area contributed by atoms with Crippen molar-refractivity contribution in [2.45, 2.75) is 37.3 Å². The molecule has 2 N–H and O–H groups in total. The molecule has 3 amide bonds. The average molecular weight is 387 g/mol. The Morgan fingerprint density at radius 1 is 1.26 bits per heavy atom. The fourth-order valence-electron chi connectivity index (χ4n) is 2.68. The van der Waals surface area contributed by atoms with Gasteiger partial charge in [0.1, 0.15) is 0 Å². The first-order valence-corrected chi connectivity index (χ1v) is 9.81. The zero-order chi connectivity index (χ0) is 18.9. The summed E-state index contributed by atoms with van der Waals surface area (Å²) in [5.41, 5.74) is 2.08. The van der Waals surface area contributed by atoms with E-state index in [0.717, 1.165) is 31.0 Å². The lowest BCUT2D eigenvalue weighted by molar-refractivity contribution is -0.117. The van der Waals surface area contributed by atoms with Gasteiger partial charge < -0.3 is 9.73 Å². The van der Waals surface area contributed by atoms with Crippen molar-refractivity contribution in [2.75, 3.05) is 12.3 Å². The highest BCUT2D eigenvalue weighted by Gasteiger charge is 2.13. The monoisotopic (exact) mass is 387 g/mol. The molecule has 0 saturated carbocycles. The van der Waals surface area contributed by atoms with Crippen LogP contribution in [0.4, 0.5) is 4.79 Å². The summed E-state index contributed by atoms with van der Waals surface area (Å²) in [5, 5.41) is 13.1. The van der Waals surface area contributed by atoms with E-state index in [1.165, 1.54) is 18.4 Å². The van der Waals surface area contributed by atoms with Crippen molar-refractivity contribution in [1.82, 2.24) is 25.8 Å². The van der Waals surface area contributed by atoms with Gasteiger partial charge in [0.05, 0.1) is 11.3 Å². The van der Waals surface area contributed by atoms with Gasteiger partial charge in [0.2, 0.25) is 11.8 Å². The zero-order valence-electron chi connectivity index (χ0n) is 14.8. The molecule has 0 bridgehead atoms. The Morgan fingerprint density at radius 2 is 2.19 bits per heavy atom. The van der Waals surface area contributed by atoms with Crippen molar-refractivity contribution in [2.24, 2.45) is 0 Å². The van der Waals surface area contributed by atoms with E-state index >= 15 is 0 Å². The molecule has 2 aromatic heterocycles. The topological polar surface area (TPSA) is 110 Å². The van der Waals surface area contributed by atoms with Crippen LogP contribution < -0.4 is 10.6 Å². The van der Waals surface area contributed by atoms with Crippen LogP contribution in [0.5, 0.6) is 0 Å². The molecule has 8 nitrogen and oxygen atoms in total. The first kappa shape index (κ1) is 19.1. The van der Waals surface area contributed by atoms with Gasteiger partial charge in [-0.3, -0.25) is 15.1 Å². The van der Waals surface area contributed by atoms with E-state index in [4.69, 9.17) is 4.42 Å². The van der Waals surface area contributed by atoms with E-state index in [0.29, 0.717) is 18.0 Å². The summed E-state index contributed by atoms with van der Waals surface area (Å²) in [6.45, 7) is 0.524. The summed E-state index contributed by atoms with van der Waals surface area (Å²) in [6, 6.07) is 3.08. The van der Waals surface area contributed by atoms with E-state index in [2.05, 4.69) is 31.9 Å². The van der Waals surface area contributed by atoms with Gasteiger partial charge in [0.25, 0.3) is 5.22 Å². The number of hydrogen-bond acceptors (Lipinski definition) is 7. The van der Waals surface area contributed by atoms with Crippen molar-refractivity contribution in [1.29, 1.82) is 0 Å². The Morgan fingerprint density at radius 3 is 2.96 bits per heavy atom. The Labute approximate surface area is 161 Å². The van der Waals surface area contributed by atoms with E-state index in [1.54, 1.807) is 24.5 Å². The number of pyridine rings is 1. The molecule has 0 fully saturated rings. The third-order valence-corrected chi connectivity index (χ3v) is 4.83. The Balaban J connectivity index is 1.36. The zero-order valence-corrected chi connectivity index (χ0v) is 15.6. The second-order valence-corrected chi connectivity index (χ2v) is 6.99. The van der Waals surface area contributed by atoms with Crippen LogP contribution in [0.15, 0.2) is 45.8 Å². The minimum atomic E-state index is -0.487. The van der Waals surface area contributed by atoms with Gasteiger partial charge in [0, 0.05) is 18.9 Å². The molecule has 9 heteroatoms. The molecule has 1 aliphatic rings.